The number of rotatable bonds is 0. The fourth-order valence-electron chi connectivity index (χ4n) is 3.03. The minimum absolute atomic E-state index is 0.596. The molecule has 0 radical (unpaired) electrons. The molecule has 0 aromatic carbocycles. The smallest absolute Gasteiger partial charge is 0.0274 e. The molecular weight excluding hydrogens is 132 g/mol. The molecule has 0 aliphatic heterocycles. The molecule has 0 aromatic rings. The summed E-state index contributed by atoms with van der Waals surface area (Å²) in [6.07, 6.45) is 4.52. The molecule has 0 atom stereocenters. The highest BCUT2D eigenvalue weighted by Crippen LogP contribution is 2.63. The molecular formula is C11H20. The van der Waals surface area contributed by atoms with Gasteiger partial charge < -0.3 is 0 Å². The van der Waals surface area contributed by atoms with Crippen molar-refractivity contribution in [3.05, 3.63) is 0 Å². The third kappa shape index (κ3) is 0.816. The van der Waals surface area contributed by atoms with Crippen LogP contribution in [0.4, 0.5) is 0 Å². The summed E-state index contributed by atoms with van der Waals surface area (Å²) in [6, 6.07) is 0. The second kappa shape index (κ2) is 1.84. The lowest BCUT2D eigenvalue weighted by Gasteiger charge is -2.61. The molecule has 2 bridgehead atoms. The van der Waals surface area contributed by atoms with Crippen molar-refractivity contribution in [1.29, 1.82) is 0 Å². The van der Waals surface area contributed by atoms with Gasteiger partial charge in [0, 0.05) is 0 Å². The molecule has 3 aliphatic carbocycles. The number of fused-ring (bicyclic) bond motifs is 2. The van der Waals surface area contributed by atoms with Crippen LogP contribution in [0.1, 0.15) is 47.0 Å². The van der Waals surface area contributed by atoms with E-state index in [-0.39, 0.29) is 0 Å². The average molecular weight is 152 g/mol. The van der Waals surface area contributed by atoms with E-state index in [1.807, 2.05) is 0 Å². The first kappa shape index (κ1) is 7.64. The Hall–Kier alpha value is 0. The van der Waals surface area contributed by atoms with Gasteiger partial charge in [-0.3, -0.25) is 0 Å². The van der Waals surface area contributed by atoms with Crippen LogP contribution in [0.25, 0.3) is 0 Å². The van der Waals surface area contributed by atoms with E-state index in [0.29, 0.717) is 10.8 Å². The monoisotopic (exact) mass is 152 g/mol. The summed E-state index contributed by atoms with van der Waals surface area (Å²) in [6.45, 7) is 9.83. The largest absolute Gasteiger partial charge is 0.0594 e. The van der Waals surface area contributed by atoms with E-state index in [1.54, 1.807) is 0 Å². The highest BCUT2D eigenvalue weighted by atomic mass is 14.6. The molecule has 0 heterocycles. The maximum atomic E-state index is 2.47. The molecule has 3 rings (SSSR count). The van der Waals surface area contributed by atoms with Crippen LogP contribution < -0.4 is 0 Å². The third-order valence-corrected chi connectivity index (χ3v) is 4.80. The molecule has 0 saturated heterocycles. The molecule has 3 aliphatic rings. The lowest BCUT2D eigenvalue weighted by atomic mass is 9.44. The summed E-state index contributed by atoms with van der Waals surface area (Å²) in [4.78, 5) is 0. The Morgan fingerprint density at radius 2 is 1.55 bits per heavy atom. The fraction of sp³-hybridized carbons (Fsp3) is 1.00. The molecule has 3 fully saturated rings. The Morgan fingerprint density at radius 1 is 1.00 bits per heavy atom. The first-order valence-corrected chi connectivity index (χ1v) is 4.93. The van der Waals surface area contributed by atoms with Gasteiger partial charge in [-0.05, 0) is 41.9 Å². The Bertz CT molecular complexity index is 170. The molecule has 64 valence electrons. The highest BCUT2D eigenvalue weighted by Gasteiger charge is 2.54. The molecule has 0 amide bonds. The van der Waals surface area contributed by atoms with Gasteiger partial charge in [-0.2, -0.15) is 0 Å². The van der Waals surface area contributed by atoms with Crippen LogP contribution in [0.5, 0.6) is 0 Å². The van der Waals surface area contributed by atoms with Crippen molar-refractivity contribution in [2.45, 2.75) is 47.0 Å². The molecule has 0 unspecified atom stereocenters. The van der Waals surface area contributed by atoms with Crippen LogP contribution in [-0.2, 0) is 0 Å². The van der Waals surface area contributed by atoms with Crippen LogP contribution in [0, 0.1) is 22.7 Å². The van der Waals surface area contributed by atoms with Gasteiger partial charge in [-0.15, -0.1) is 0 Å². The zero-order valence-electron chi connectivity index (χ0n) is 8.28. The van der Waals surface area contributed by atoms with E-state index < -0.39 is 0 Å². The zero-order valence-corrected chi connectivity index (χ0v) is 8.28. The van der Waals surface area contributed by atoms with Gasteiger partial charge in [0.2, 0.25) is 0 Å². The SMILES string of the molecule is CC1(C)CC2CC(C2)C1(C)C. The number of hydrogen-bond acceptors (Lipinski definition) is 0. The van der Waals surface area contributed by atoms with Gasteiger partial charge in [0.1, 0.15) is 0 Å². The topological polar surface area (TPSA) is 0 Å². The van der Waals surface area contributed by atoms with Gasteiger partial charge in [0.05, 0.1) is 0 Å². The fourth-order valence-corrected chi connectivity index (χ4v) is 3.03. The number of hydrogen-bond donors (Lipinski definition) is 0. The Kier molecular flexibility index (Phi) is 1.28. The summed E-state index contributed by atoms with van der Waals surface area (Å²) in [5.74, 6) is 2.12. The van der Waals surface area contributed by atoms with Crippen LogP contribution in [0.15, 0.2) is 0 Å². The maximum absolute atomic E-state index is 2.47. The van der Waals surface area contributed by atoms with Crippen molar-refractivity contribution in [2.24, 2.45) is 22.7 Å². The molecule has 0 N–H and O–H groups in total. The second-order valence-corrected chi connectivity index (χ2v) is 5.84. The molecule has 0 spiro atoms. The van der Waals surface area contributed by atoms with E-state index in [9.17, 15) is 0 Å². The zero-order chi connectivity index (χ0) is 8.28. The van der Waals surface area contributed by atoms with E-state index in [0.717, 1.165) is 11.8 Å². The summed E-state index contributed by atoms with van der Waals surface area (Å²) < 4.78 is 0. The van der Waals surface area contributed by atoms with Gasteiger partial charge in [0.15, 0.2) is 0 Å². The normalized spacial score (nSPS) is 44.7. The predicted octanol–water partition coefficient (Wildman–Crippen LogP) is 3.47. The van der Waals surface area contributed by atoms with E-state index in [1.165, 1.54) is 19.3 Å². The predicted molar refractivity (Wildman–Crippen MR) is 48.4 cm³/mol. The van der Waals surface area contributed by atoms with Crippen LogP contribution in [-0.4, -0.2) is 0 Å². The van der Waals surface area contributed by atoms with Crippen molar-refractivity contribution < 1.29 is 0 Å². The van der Waals surface area contributed by atoms with Crippen LogP contribution >= 0.6 is 0 Å². The van der Waals surface area contributed by atoms with E-state index in [4.69, 9.17) is 0 Å². The van der Waals surface area contributed by atoms with Gasteiger partial charge >= 0.3 is 0 Å². The molecule has 0 aromatic heterocycles. The summed E-state index contributed by atoms with van der Waals surface area (Å²) >= 11 is 0. The lowest BCUT2D eigenvalue weighted by molar-refractivity contribution is -0.112. The molecule has 11 heavy (non-hydrogen) atoms. The van der Waals surface area contributed by atoms with Crippen molar-refractivity contribution in [2.75, 3.05) is 0 Å². The second-order valence-electron chi connectivity index (χ2n) is 5.84. The van der Waals surface area contributed by atoms with Crippen LogP contribution in [0.2, 0.25) is 0 Å². The van der Waals surface area contributed by atoms with Crippen molar-refractivity contribution in [3.63, 3.8) is 0 Å². The Labute approximate surface area is 70.4 Å². The quantitative estimate of drug-likeness (QED) is 0.498. The van der Waals surface area contributed by atoms with Gasteiger partial charge in [-0.1, -0.05) is 27.7 Å². The standard InChI is InChI=1S/C11H20/c1-10(2)7-8-5-9(6-8)11(10,3)4/h8-9H,5-7H2,1-4H3. The Balaban J connectivity index is 2.26. The van der Waals surface area contributed by atoms with Crippen molar-refractivity contribution in [3.8, 4) is 0 Å². The Morgan fingerprint density at radius 3 is 1.82 bits per heavy atom. The van der Waals surface area contributed by atoms with Gasteiger partial charge in [-0.25, -0.2) is 0 Å². The summed E-state index contributed by atoms with van der Waals surface area (Å²) in [5.41, 5.74) is 1.20. The van der Waals surface area contributed by atoms with E-state index >= 15 is 0 Å². The minimum atomic E-state index is 0.596. The van der Waals surface area contributed by atoms with Crippen molar-refractivity contribution >= 4 is 0 Å². The van der Waals surface area contributed by atoms with E-state index in [2.05, 4.69) is 27.7 Å². The third-order valence-electron chi connectivity index (χ3n) is 4.80. The average Bonchev–Trinajstić information content (AvgIpc) is 1.72. The first-order chi connectivity index (χ1) is 4.93. The van der Waals surface area contributed by atoms with Crippen LogP contribution in [0.3, 0.4) is 0 Å². The summed E-state index contributed by atoms with van der Waals surface area (Å²) in [5, 5.41) is 0. The maximum Gasteiger partial charge on any atom is -0.0274 e. The lowest BCUT2D eigenvalue weighted by Crippen LogP contribution is -2.52. The van der Waals surface area contributed by atoms with Crippen molar-refractivity contribution in [1.82, 2.24) is 0 Å². The first-order valence-electron chi connectivity index (χ1n) is 4.93. The van der Waals surface area contributed by atoms with Gasteiger partial charge in [0.25, 0.3) is 0 Å². The summed E-state index contributed by atoms with van der Waals surface area (Å²) in [7, 11) is 0. The molecule has 0 heteroatoms. The molecule has 3 saturated carbocycles. The highest BCUT2D eigenvalue weighted by molar-refractivity contribution is 5.04. The minimum Gasteiger partial charge on any atom is -0.0594 e. The molecule has 0 nitrogen and oxygen atoms in total.